The second kappa shape index (κ2) is 3.27. The summed E-state index contributed by atoms with van der Waals surface area (Å²) in [5, 5.41) is 0.385. The Hall–Kier alpha value is -0.490. The number of hydrogen-bond acceptors (Lipinski definition) is 0. The highest BCUT2D eigenvalue weighted by Crippen LogP contribution is 2.45. The van der Waals surface area contributed by atoms with Crippen LogP contribution >= 0.6 is 11.6 Å². The molecule has 0 heterocycles. The number of rotatable bonds is 1. The molecule has 1 heteroatoms. The van der Waals surface area contributed by atoms with Gasteiger partial charge in [0.15, 0.2) is 0 Å². The van der Waals surface area contributed by atoms with Crippen molar-refractivity contribution >= 4 is 11.6 Å². The van der Waals surface area contributed by atoms with E-state index in [0.29, 0.717) is 11.3 Å². The van der Waals surface area contributed by atoms with E-state index in [1.807, 2.05) is 0 Å². The zero-order chi connectivity index (χ0) is 10.3. The summed E-state index contributed by atoms with van der Waals surface area (Å²) in [6, 6.07) is 8.93. The molecule has 1 aliphatic carbocycles. The summed E-state index contributed by atoms with van der Waals surface area (Å²) in [5.74, 6) is 0.616. The van der Waals surface area contributed by atoms with Crippen molar-refractivity contribution in [1.29, 1.82) is 0 Å². The van der Waals surface area contributed by atoms with E-state index in [1.165, 1.54) is 11.1 Å². The fourth-order valence-corrected chi connectivity index (χ4v) is 2.08. The Bertz CT molecular complexity index is 318. The van der Waals surface area contributed by atoms with Gasteiger partial charge in [0.05, 0.1) is 0 Å². The Kier molecular flexibility index (Phi) is 2.35. The Morgan fingerprint density at radius 2 is 1.64 bits per heavy atom. The molecule has 1 saturated carbocycles. The van der Waals surface area contributed by atoms with E-state index >= 15 is 0 Å². The highest BCUT2D eigenvalue weighted by molar-refractivity contribution is 6.23. The Morgan fingerprint density at radius 3 is 2.00 bits per heavy atom. The molecule has 0 saturated heterocycles. The minimum Gasteiger partial charge on any atom is -0.122 e. The zero-order valence-electron chi connectivity index (χ0n) is 9.05. The third kappa shape index (κ3) is 1.95. The topological polar surface area (TPSA) is 0 Å². The van der Waals surface area contributed by atoms with Gasteiger partial charge in [-0.2, -0.15) is 0 Å². The van der Waals surface area contributed by atoms with Gasteiger partial charge in [-0.3, -0.25) is 0 Å². The normalized spacial score (nSPS) is 26.3. The van der Waals surface area contributed by atoms with Gasteiger partial charge in [-0.05, 0) is 23.0 Å². The first-order chi connectivity index (χ1) is 6.48. The molecule has 0 aromatic heterocycles. The van der Waals surface area contributed by atoms with E-state index in [-0.39, 0.29) is 5.41 Å². The van der Waals surface area contributed by atoms with Crippen molar-refractivity contribution in [1.82, 2.24) is 0 Å². The highest BCUT2D eigenvalue weighted by Gasteiger charge is 2.36. The summed E-state index contributed by atoms with van der Waals surface area (Å²) in [4.78, 5) is 0. The molecule has 1 aromatic carbocycles. The zero-order valence-corrected chi connectivity index (χ0v) is 9.81. The van der Waals surface area contributed by atoms with Crippen LogP contribution in [0.4, 0.5) is 0 Å². The van der Waals surface area contributed by atoms with Gasteiger partial charge in [-0.25, -0.2) is 0 Å². The van der Waals surface area contributed by atoms with Gasteiger partial charge in [0.2, 0.25) is 0 Å². The van der Waals surface area contributed by atoms with Gasteiger partial charge in [0, 0.05) is 11.3 Å². The molecule has 0 bridgehead atoms. The van der Waals surface area contributed by atoms with Crippen LogP contribution in [0.3, 0.4) is 0 Å². The molecular weight excluding hydrogens is 192 g/mol. The standard InChI is InChI=1S/C13H17Cl/c1-13(2,3)10-6-4-9(5-7-10)11-8-12(11)14/h4-7,11-12H,8H2,1-3H3/t11?,12-/m1/s1. The molecule has 0 aliphatic heterocycles. The highest BCUT2D eigenvalue weighted by atomic mass is 35.5. The van der Waals surface area contributed by atoms with Gasteiger partial charge in [-0.15, -0.1) is 11.6 Å². The van der Waals surface area contributed by atoms with Crippen molar-refractivity contribution < 1.29 is 0 Å². The van der Waals surface area contributed by atoms with Gasteiger partial charge < -0.3 is 0 Å². The van der Waals surface area contributed by atoms with Crippen molar-refractivity contribution in [2.45, 2.75) is 43.9 Å². The van der Waals surface area contributed by atoms with Crippen LogP contribution in [-0.4, -0.2) is 5.38 Å². The fraction of sp³-hybridized carbons (Fsp3) is 0.538. The average molecular weight is 209 g/mol. The summed E-state index contributed by atoms with van der Waals surface area (Å²) < 4.78 is 0. The Morgan fingerprint density at radius 1 is 1.14 bits per heavy atom. The molecule has 2 rings (SSSR count). The summed E-state index contributed by atoms with van der Waals surface area (Å²) in [6.45, 7) is 6.72. The first kappa shape index (κ1) is 10.0. The van der Waals surface area contributed by atoms with Crippen molar-refractivity contribution in [3.8, 4) is 0 Å². The third-order valence-electron chi connectivity index (χ3n) is 2.92. The van der Waals surface area contributed by atoms with Gasteiger partial charge in [0.25, 0.3) is 0 Å². The van der Waals surface area contributed by atoms with E-state index in [2.05, 4.69) is 45.0 Å². The first-order valence-electron chi connectivity index (χ1n) is 5.23. The maximum Gasteiger partial charge on any atom is 0.0411 e. The molecule has 0 spiro atoms. The van der Waals surface area contributed by atoms with Crippen LogP contribution in [0.15, 0.2) is 24.3 Å². The van der Waals surface area contributed by atoms with Crippen LogP contribution in [0, 0.1) is 0 Å². The van der Waals surface area contributed by atoms with Crippen molar-refractivity contribution in [2.75, 3.05) is 0 Å². The number of halogens is 1. The molecule has 0 radical (unpaired) electrons. The van der Waals surface area contributed by atoms with Crippen molar-refractivity contribution in [2.24, 2.45) is 0 Å². The first-order valence-corrected chi connectivity index (χ1v) is 5.66. The predicted molar refractivity (Wildman–Crippen MR) is 62.1 cm³/mol. The lowest BCUT2D eigenvalue weighted by molar-refractivity contribution is 0.590. The van der Waals surface area contributed by atoms with Crippen LogP contribution in [0.25, 0.3) is 0 Å². The molecule has 1 aromatic rings. The lowest BCUT2D eigenvalue weighted by Gasteiger charge is -2.19. The fourth-order valence-electron chi connectivity index (χ4n) is 1.74. The second-order valence-electron chi connectivity index (χ2n) is 5.23. The smallest absolute Gasteiger partial charge is 0.0411 e. The third-order valence-corrected chi connectivity index (χ3v) is 3.40. The second-order valence-corrected chi connectivity index (χ2v) is 5.79. The summed E-state index contributed by atoms with van der Waals surface area (Å²) in [7, 11) is 0. The predicted octanol–water partition coefficient (Wildman–Crippen LogP) is 4.08. The molecule has 0 amide bonds. The molecule has 1 aliphatic rings. The monoisotopic (exact) mass is 208 g/mol. The SMILES string of the molecule is CC(C)(C)c1ccc(C2C[C@H]2Cl)cc1. The van der Waals surface area contributed by atoms with E-state index in [4.69, 9.17) is 11.6 Å². The maximum atomic E-state index is 6.02. The van der Waals surface area contributed by atoms with Gasteiger partial charge in [-0.1, -0.05) is 45.0 Å². The maximum absolute atomic E-state index is 6.02. The number of benzene rings is 1. The minimum absolute atomic E-state index is 0.252. The quantitative estimate of drug-likeness (QED) is 0.611. The van der Waals surface area contributed by atoms with Crippen molar-refractivity contribution in [3.05, 3.63) is 35.4 Å². The van der Waals surface area contributed by atoms with Gasteiger partial charge >= 0.3 is 0 Å². The molecule has 76 valence electrons. The van der Waals surface area contributed by atoms with Gasteiger partial charge in [0.1, 0.15) is 0 Å². The molecular formula is C13H17Cl. The molecule has 2 atom stereocenters. The van der Waals surface area contributed by atoms with Crippen LogP contribution < -0.4 is 0 Å². The average Bonchev–Trinajstić information content (AvgIpc) is 2.81. The van der Waals surface area contributed by atoms with E-state index in [1.54, 1.807) is 0 Å². The van der Waals surface area contributed by atoms with E-state index in [9.17, 15) is 0 Å². The van der Waals surface area contributed by atoms with Crippen LogP contribution in [0.1, 0.15) is 44.2 Å². The van der Waals surface area contributed by atoms with Crippen LogP contribution in [-0.2, 0) is 5.41 Å². The summed E-state index contributed by atoms with van der Waals surface area (Å²) in [6.07, 6.45) is 1.15. The molecule has 14 heavy (non-hydrogen) atoms. The Labute approximate surface area is 91.3 Å². The Balaban J connectivity index is 2.18. The lowest BCUT2D eigenvalue weighted by atomic mass is 9.86. The van der Waals surface area contributed by atoms with E-state index in [0.717, 1.165) is 6.42 Å². The van der Waals surface area contributed by atoms with Crippen molar-refractivity contribution in [3.63, 3.8) is 0 Å². The lowest BCUT2D eigenvalue weighted by Crippen LogP contribution is -2.10. The minimum atomic E-state index is 0.252. The molecule has 1 unspecified atom stereocenters. The van der Waals surface area contributed by atoms with Crippen LogP contribution in [0.5, 0.6) is 0 Å². The summed E-state index contributed by atoms with van der Waals surface area (Å²) >= 11 is 6.02. The summed E-state index contributed by atoms with van der Waals surface area (Å²) in [5.41, 5.74) is 3.05. The molecule has 1 fully saturated rings. The largest absolute Gasteiger partial charge is 0.122 e. The number of alkyl halides is 1. The molecule has 0 nitrogen and oxygen atoms in total. The van der Waals surface area contributed by atoms with E-state index < -0.39 is 0 Å². The van der Waals surface area contributed by atoms with Crippen LogP contribution in [0.2, 0.25) is 0 Å². The molecule has 0 N–H and O–H groups in total. The number of hydrogen-bond donors (Lipinski definition) is 0.